The van der Waals surface area contributed by atoms with Crippen molar-refractivity contribution in [2.45, 2.75) is 6.92 Å². The third-order valence-corrected chi connectivity index (χ3v) is 2.95. The number of nitrogens with zero attached hydrogens (tertiary/aromatic N) is 1. The zero-order valence-corrected chi connectivity index (χ0v) is 8.70. The maximum Gasteiger partial charge on any atom is 0.139 e. The molecule has 2 aromatic rings. The number of fused-ring (bicyclic) bond motifs is 1. The first-order valence-corrected chi connectivity index (χ1v) is 4.65. The minimum Gasteiger partial charge on any atom is -0.345 e. The Hall–Kier alpha value is -0.540. The largest absolute Gasteiger partial charge is 0.345 e. The van der Waals surface area contributed by atoms with Gasteiger partial charge in [-0.15, -0.1) is 0 Å². The molecule has 0 spiro atoms. The molecule has 0 aliphatic heterocycles. The minimum absolute atomic E-state index is 0.719. The zero-order chi connectivity index (χ0) is 8.72. The Morgan fingerprint density at radius 1 is 1.58 bits per heavy atom. The van der Waals surface area contributed by atoms with Crippen LogP contribution >= 0.6 is 27.5 Å². The summed E-state index contributed by atoms with van der Waals surface area (Å²) in [7, 11) is 0. The van der Waals surface area contributed by atoms with Crippen molar-refractivity contribution in [1.29, 1.82) is 0 Å². The van der Waals surface area contributed by atoms with Crippen LogP contribution in [0.25, 0.3) is 11.0 Å². The van der Waals surface area contributed by atoms with Gasteiger partial charge in [-0.1, -0.05) is 11.6 Å². The van der Waals surface area contributed by atoms with E-state index in [-0.39, 0.29) is 0 Å². The molecule has 0 unspecified atom stereocenters. The van der Waals surface area contributed by atoms with E-state index in [1.54, 1.807) is 12.4 Å². The van der Waals surface area contributed by atoms with Crippen LogP contribution in [0.15, 0.2) is 16.9 Å². The van der Waals surface area contributed by atoms with Gasteiger partial charge in [0.15, 0.2) is 0 Å². The molecule has 0 radical (unpaired) electrons. The predicted octanol–water partition coefficient (Wildman–Crippen LogP) is 3.29. The van der Waals surface area contributed by atoms with E-state index >= 15 is 0 Å². The second-order valence-electron chi connectivity index (χ2n) is 2.59. The molecular formula is C8H6BrClN2. The first kappa shape index (κ1) is 8.08. The maximum absolute atomic E-state index is 5.96. The van der Waals surface area contributed by atoms with Gasteiger partial charge in [0.2, 0.25) is 0 Å². The molecule has 0 aromatic carbocycles. The fraction of sp³-hybridized carbons (Fsp3) is 0.125. The number of halogens is 2. The van der Waals surface area contributed by atoms with Crippen LogP contribution in [-0.2, 0) is 0 Å². The van der Waals surface area contributed by atoms with Crippen LogP contribution in [-0.4, -0.2) is 9.97 Å². The lowest BCUT2D eigenvalue weighted by molar-refractivity contribution is 1.29. The third kappa shape index (κ3) is 1.04. The fourth-order valence-electron chi connectivity index (χ4n) is 1.19. The van der Waals surface area contributed by atoms with Crippen LogP contribution < -0.4 is 0 Å². The number of H-pyrrole nitrogens is 1. The molecule has 4 heteroatoms. The SMILES string of the molecule is Cc1c(Br)cnc2[nH]cc(Cl)c12. The van der Waals surface area contributed by atoms with Gasteiger partial charge in [-0.05, 0) is 28.4 Å². The minimum atomic E-state index is 0.719. The second-order valence-corrected chi connectivity index (χ2v) is 3.85. The van der Waals surface area contributed by atoms with E-state index in [1.807, 2.05) is 6.92 Å². The summed E-state index contributed by atoms with van der Waals surface area (Å²) in [6.07, 6.45) is 3.52. The van der Waals surface area contributed by atoms with Crippen molar-refractivity contribution >= 4 is 38.6 Å². The highest BCUT2D eigenvalue weighted by atomic mass is 79.9. The van der Waals surface area contributed by atoms with Crippen LogP contribution in [0.2, 0.25) is 5.02 Å². The Morgan fingerprint density at radius 2 is 2.33 bits per heavy atom. The first-order chi connectivity index (χ1) is 5.70. The van der Waals surface area contributed by atoms with Gasteiger partial charge >= 0.3 is 0 Å². The number of aromatic amines is 1. The van der Waals surface area contributed by atoms with E-state index < -0.39 is 0 Å². The number of aryl methyl sites for hydroxylation is 1. The number of hydrogen-bond donors (Lipinski definition) is 1. The zero-order valence-electron chi connectivity index (χ0n) is 6.36. The maximum atomic E-state index is 5.96. The van der Waals surface area contributed by atoms with Crippen LogP contribution in [0.1, 0.15) is 5.56 Å². The number of nitrogens with one attached hydrogen (secondary N) is 1. The van der Waals surface area contributed by atoms with Crippen LogP contribution in [0.3, 0.4) is 0 Å². The van der Waals surface area contributed by atoms with Crippen molar-refractivity contribution < 1.29 is 0 Å². The molecule has 0 fully saturated rings. The summed E-state index contributed by atoms with van der Waals surface area (Å²) in [5, 5.41) is 1.71. The molecule has 0 aliphatic carbocycles. The molecule has 2 rings (SSSR count). The summed E-state index contributed by atoms with van der Waals surface area (Å²) in [6, 6.07) is 0. The van der Waals surface area contributed by atoms with Crippen LogP contribution in [0.4, 0.5) is 0 Å². The number of aromatic nitrogens is 2. The summed E-state index contributed by atoms with van der Waals surface area (Å²) in [5.74, 6) is 0. The van der Waals surface area contributed by atoms with Crippen molar-refractivity contribution in [1.82, 2.24) is 9.97 Å². The van der Waals surface area contributed by atoms with Crippen molar-refractivity contribution in [2.75, 3.05) is 0 Å². The van der Waals surface area contributed by atoms with E-state index in [0.29, 0.717) is 0 Å². The quantitative estimate of drug-likeness (QED) is 0.758. The molecule has 0 saturated heterocycles. The summed E-state index contributed by atoms with van der Waals surface area (Å²) in [4.78, 5) is 7.17. The molecule has 0 amide bonds. The smallest absolute Gasteiger partial charge is 0.139 e. The van der Waals surface area contributed by atoms with Crippen LogP contribution in [0.5, 0.6) is 0 Å². The molecule has 0 saturated carbocycles. The molecule has 2 aromatic heterocycles. The highest BCUT2D eigenvalue weighted by Crippen LogP contribution is 2.28. The van der Waals surface area contributed by atoms with Crippen molar-refractivity contribution in [3.8, 4) is 0 Å². The lowest BCUT2D eigenvalue weighted by Gasteiger charge is -1.98. The molecule has 0 aliphatic rings. The summed E-state index contributed by atoms with van der Waals surface area (Å²) >= 11 is 9.36. The van der Waals surface area contributed by atoms with Crippen molar-refractivity contribution in [3.05, 3.63) is 27.5 Å². The Kier molecular flexibility index (Phi) is 1.85. The summed E-state index contributed by atoms with van der Waals surface area (Å²) in [6.45, 7) is 2.01. The average molecular weight is 246 g/mol. The normalized spacial score (nSPS) is 10.9. The molecule has 2 heterocycles. The van der Waals surface area contributed by atoms with Crippen LogP contribution in [0, 0.1) is 6.92 Å². The molecule has 62 valence electrons. The molecule has 12 heavy (non-hydrogen) atoms. The number of hydrogen-bond acceptors (Lipinski definition) is 1. The third-order valence-electron chi connectivity index (χ3n) is 1.85. The Bertz CT molecular complexity index is 436. The highest BCUT2D eigenvalue weighted by Gasteiger charge is 2.07. The lowest BCUT2D eigenvalue weighted by Crippen LogP contribution is -1.81. The Balaban J connectivity index is 2.96. The monoisotopic (exact) mass is 244 g/mol. The van der Waals surface area contributed by atoms with Crippen molar-refractivity contribution in [2.24, 2.45) is 0 Å². The topological polar surface area (TPSA) is 28.7 Å². The molecule has 0 bridgehead atoms. The Morgan fingerprint density at radius 3 is 3.08 bits per heavy atom. The van der Waals surface area contributed by atoms with Gasteiger partial charge in [-0.25, -0.2) is 4.98 Å². The molecule has 1 N–H and O–H groups in total. The van der Waals surface area contributed by atoms with Crippen molar-refractivity contribution in [3.63, 3.8) is 0 Å². The number of rotatable bonds is 0. The van der Waals surface area contributed by atoms with E-state index in [4.69, 9.17) is 11.6 Å². The van der Waals surface area contributed by atoms with Gasteiger partial charge in [0, 0.05) is 22.3 Å². The fourth-order valence-corrected chi connectivity index (χ4v) is 1.77. The van der Waals surface area contributed by atoms with E-state index in [1.165, 1.54) is 0 Å². The average Bonchev–Trinajstić information content (AvgIpc) is 2.41. The van der Waals surface area contributed by atoms with E-state index in [9.17, 15) is 0 Å². The predicted molar refractivity (Wildman–Crippen MR) is 53.5 cm³/mol. The van der Waals surface area contributed by atoms with Gasteiger partial charge in [0.1, 0.15) is 5.65 Å². The second kappa shape index (κ2) is 2.75. The van der Waals surface area contributed by atoms with Gasteiger partial charge in [0.25, 0.3) is 0 Å². The van der Waals surface area contributed by atoms with Gasteiger partial charge in [-0.2, -0.15) is 0 Å². The van der Waals surface area contributed by atoms with E-state index in [2.05, 4.69) is 25.9 Å². The van der Waals surface area contributed by atoms with Gasteiger partial charge < -0.3 is 4.98 Å². The molecular weight excluding hydrogens is 239 g/mol. The standard InChI is InChI=1S/C8H6BrClN2/c1-4-5(9)2-11-8-7(4)6(10)3-12-8/h2-3H,1H3,(H,11,12). The summed E-state index contributed by atoms with van der Waals surface area (Å²) < 4.78 is 0.983. The first-order valence-electron chi connectivity index (χ1n) is 3.48. The lowest BCUT2D eigenvalue weighted by atomic mass is 10.2. The van der Waals surface area contributed by atoms with Gasteiger partial charge in [0.05, 0.1) is 5.02 Å². The highest BCUT2D eigenvalue weighted by molar-refractivity contribution is 9.10. The Labute approximate surface area is 83.1 Å². The number of pyridine rings is 1. The molecule has 2 nitrogen and oxygen atoms in total. The summed E-state index contributed by atoms with van der Waals surface area (Å²) in [5.41, 5.74) is 1.95. The van der Waals surface area contributed by atoms with E-state index in [0.717, 1.165) is 26.1 Å². The van der Waals surface area contributed by atoms with Gasteiger partial charge in [-0.3, -0.25) is 0 Å². The molecule has 0 atom stereocenters.